The van der Waals surface area contributed by atoms with Crippen molar-refractivity contribution in [1.82, 2.24) is 0 Å². The summed E-state index contributed by atoms with van der Waals surface area (Å²) in [5.41, 5.74) is -0.854. The zero-order chi connectivity index (χ0) is 10.1. The van der Waals surface area contributed by atoms with Crippen LogP contribution in [0.4, 0.5) is 0 Å². The van der Waals surface area contributed by atoms with E-state index in [1.165, 1.54) is 0 Å². The quantitative estimate of drug-likeness (QED) is 0.608. The summed E-state index contributed by atoms with van der Waals surface area (Å²) in [6.07, 6.45) is -0.779. The van der Waals surface area contributed by atoms with E-state index in [0.29, 0.717) is 6.61 Å². The van der Waals surface area contributed by atoms with Crippen molar-refractivity contribution in [2.75, 3.05) is 6.61 Å². The van der Waals surface area contributed by atoms with Crippen molar-refractivity contribution >= 4 is 5.97 Å². The average molecular weight is 188 g/mol. The molecule has 0 aromatic carbocycles. The Kier molecular flexibility index (Phi) is 2.93. The molecular weight excluding hydrogens is 172 g/mol. The van der Waals surface area contributed by atoms with Gasteiger partial charge in [-0.3, -0.25) is 0 Å². The van der Waals surface area contributed by atoms with Crippen LogP contribution in [0.15, 0.2) is 0 Å². The van der Waals surface area contributed by atoms with Crippen LogP contribution in [0.5, 0.6) is 0 Å². The Bertz CT molecular complexity index is 200. The average Bonchev–Trinajstić information content (AvgIpc) is 2.00. The van der Waals surface area contributed by atoms with E-state index in [-0.39, 0.29) is 12.1 Å². The molecular formula is C9H16O4. The topological polar surface area (TPSA) is 44.8 Å². The normalized spacial score (nSPS) is 32.8. The summed E-state index contributed by atoms with van der Waals surface area (Å²) in [4.78, 5) is 11.3. The molecule has 1 saturated heterocycles. The maximum absolute atomic E-state index is 11.3. The minimum absolute atomic E-state index is 0.215. The molecule has 0 amide bonds. The van der Waals surface area contributed by atoms with E-state index >= 15 is 0 Å². The standard InChI is InChI=1S/C9H16O4/c1-5-11-7-6(2)13-9(3,4)8(10)12-7/h6-7H,5H2,1-4H3. The summed E-state index contributed by atoms with van der Waals surface area (Å²) in [6.45, 7) is 7.56. The molecule has 0 aliphatic carbocycles. The van der Waals surface area contributed by atoms with Gasteiger partial charge in [0.15, 0.2) is 5.60 Å². The summed E-state index contributed by atoms with van der Waals surface area (Å²) in [7, 11) is 0. The number of ether oxygens (including phenoxy) is 3. The Labute approximate surface area is 78.2 Å². The number of carbonyl (C=O) groups excluding carboxylic acids is 1. The number of hydrogen-bond acceptors (Lipinski definition) is 4. The van der Waals surface area contributed by atoms with Crippen molar-refractivity contribution in [2.24, 2.45) is 0 Å². The van der Waals surface area contributed by atoms with Crippen LogP contribution >= 0.6 is 0 Å². The lowest BCUT2D eigenvalue weighted by Crippen LogP contribution is -2.52. The van der Waals surface area contributed by atoms with Gasteiger partial charge in [0.1, 0.15) is 6.10 Å². The molecule has 1 aliphatic heterocycles. The zero-order valence-corrected chi connectivity index (χ0v) is 8.49. The lowest BCUT2D eigenvalue weighted by Gasteiger charge is -2.37. The molecule has 0 saturated carbocycles. The number of carbonyl (C=O) groups is 1. The number of esters is 1. The van der Waals surface area contributed by atoms with E-state index in [0.717, 1.165) is 0 Å². The molecule has 1 rings (SSSR count). The fraction of sp³-hybridized carbons (Fsp3) is 0.889. The Balaban J connectivity index is 2.62. The lowest BCUT2D eigenvalue weighted by atomic mass is 10.1. The van der Waals surface area contributed by atoms with Crippen molar-refractivity contribution in [2.45, 2.75) is 45.7 Å². The van der Waals surface area contributed by atoms with Gasteiger partial charge in [0.05, 0.1) is 0 Å². The van der Waals surface area contributed by atoms with Crippen molar-refractivity contribution in [3.05, 3.63) is 0 Å². The van der Waals surface area contributed by atoms with Crippen molar-refractivity contribution < 1.29 is 19.0 Å². The Morgan fingerprint density at radius 2 is 2.15 bits per heavy atom. The predicted molar refractivity (Wildman–Crippen MR) is 46.1 cm³/mol. The molecule has 0 N–H and O–H groups in total. The third kappa shape index (κ3) is 2.19. The van der Waals surface area contributed by atoms with Gasteiger partial charge in [0.25, 0.3) is 0 Å². The molecule has 0 aromatic heterocycles. The van der Waals surface area contributed by atoms with Gasteiger partial charge in [-0.1, -0.05) is 0 Å². The monoisotopic (exact) mass is 188 g/mol. The van der Waals surface area contributed by atoms with Gasteiger partial charge in [-0.05, 0) is 27.7 Å². The maximum atomic E-state index is 11.3. The van der Waals surface area contributed by atoms with Crippen LogP contribution < -0.4 is 0 Å². The first-order valence-corrected chi connectivity index (χ1v) is 4.48. The first-order chi connectivity index (χ1) is 5.97. The third-order valence-corrected chi connectivity index (χ3v) is 1.91. The Morgan fingerprint density at radius 1 is 1.54 bits per heavy atom. The minimum Gasteiger partial charge on any atom is -0.431 e. The largest absolute Gasteiger partial charge is 0.431 e. The van der Waals surface area contributed by atoms with Gasteiger partial charge in [0, 0.05) is 6.61 Å². The van der Waals surface area contributed by atoms with E-state index in [2.05, 4.69) is 0 Å². The number of hydrogen-bond donors (Lipinski definition) is 0. The molecule has 0 spiro atoms. The van der Waals surface area contributed by atoms with E-state index < -0.39 is 11.9 Å². The van der Waals surface area contributed by atoms with Gasteiger partial charge in [0.2, 0.25) is 6.29 Å². The van der Waals surface area contributed by atoms with Crippen LogP contribution in [0, 0.1) is 0 Å². The van der Waals surface area contributed by atoms with Gasteiger partial charge in [-0.2, -0.15) is 0 Å². The van der Waals surface area contributed by atoms with Gasteiger partial charge in [-0.25, -0.2) is 4.79 Å². The van der Waals surface area contributed by atoms with E-state index in [9.17, 15) is 4.79 Å². The van der Waals surface area contributed by atoms with Gasteiger partial charge >= 0.3 is 5.97 Å². The van der Waals surface area contributed by atoms with Crippen LogP contribution in [0.1, 0.15) is 27.7 Å². The molecule has 13 heavy (non-hydrogen) atoms. The second-order valence-corrected chi connectivity index (χ2v) is 3.56. The zero-order valence-electron chi connectivity index (χ0n) is 8.49. The summed E-state index contributed by atoms with van der Waals surface area (Å²) < 4.78 is 15.7. The molecule has 1 heterocycles. The van der Waals surface area contributed by atoms with Crippen LogP contribution in [0.3, 0.4) is 0 Å². The highest BCUT2D eigenvalue weighted by Crippen LogP contribution is 2.24. The van der Waals surface area contributed by atoms with Crippen molar-refractivity contribution in [3.63, 3.8) is 0 Å². The second kappa shape index (κ2) is 3.64. The van der Waals surface area contributed by atoms with Crippen LogP contribution in [-0.2, 0) is 19.0 Å². The summed E-state index contributed by atoms with van der Waals surface area (Å²) >= 11 is 0. The van der Waals surface area contributed by atoms with Gasteiger partial charge < -0.3 is 14.2 Å². The highest BCUT2D eigenvalue weighted by Gasteiger charge is 2.42. The minimum atomic E-state index is -0.854. The summed E-state index contributed by atoms with van der Waals surface area (Å²) in [5.74, 6) is -0.371. The smallest absolute Gasteiger partial charge is 0.340 e. The Morgan fingerprint density at radius 3 is 2.69 bits per heavy atom. The fourth-order valence-electron chi connectivity index (χ4n) is 1.25. The SMILES string of the molecule is CCOC1OC(=O)C(C)(C)OC1C. The Hall–Kier alpha value is -0.610. The third-order valence-electron chi connectivity index (χ3n) is 1.91. The molecule has 0 aromatic rings. The molecule has 76 valence electrons. The molecule has 1 fully saturated rings. The molecule has 1 aliphatic rings. The maximum Gasteiger partial charge on any atom is 0.340 e. The van der Waals surface area contributed by atoms with E-state index in [4.69, 9.17) is 14.2 Å². The summed E-state index contributed by atoms with van der Waals surface area (Å²) in [5, 5.41) is 0. The molecule has 0 radical (unpaired) electrons. The lowest BCUT2D eigenvalue weighted by molar-refractivity contribution is -0.267. The number of cyclic esters (lactones) is 1. The second-order valence-electron chi connectivity index (χ2n) is 3.56. The molecule has 4 heteroatoms. The van der Waals surface area contributed by atoms with Crippen LogP contribution in [0.25, 0.3) is 0 Å². The van der Waals surface area contributed by atoms with Gasteiger partial charge in [-0.15, -0.1) is 0 Å². The first kappa shape index (κ1) is 10.5. The fourth-order valence-corrected chi connectivity index (χ4v) is 1.25. The van der Waals surface area contributed by atoms with E-state index in [1.807, 2.05) is 13.8 Å². The first-order valence-electron chi connectivity index (χ1n) is 4.48. The highest BCUT2D eigenvalue weighted by molar-refractivity contribution is 5.79. The summed E-state index contributed by atoms with van der Waals surface area (Å²) in [6, 6.07) is 0. The van der Waals surface area contributed by atoms with Crippen molar-refractivity contribution in [1.29, 1.82) is 0 Å². The number of rotatable bonds is 2. The molecule has 4 nitrogen and oxygen atoms in total. The highest BCUT2D eigenvalue weighted by atomic mass is 16.7. The molecule has 0 bridgehead atoms. The van der Waals surface area contributed by atoms with Crippen molar-refractivity contribution in [3.8, 4) is 0 Å². The molecule has 2 atom stereocenters. The van der Waals surface area contributed by atoms with Crippen LogP contribution in [0.2, 0.25) is 0 Å². The van der Waals surface area contributed by atoms with E-state index in [1.54, 1.807) is 13.8 Å². The molecule has 2 unspecified atom stereocenters. The van der Waals surface area contributed by atoms with Crippen LogP contribution in [-0.4, -0.2) is 30.6 Å². The predicted octanol–water partition coefficient (Wildman–Crippen LogP) is 1.09.